The van der Waals surface area contributed by atoms with Crippen molar-refractivity contribution < 1.29 is 9.21 Å². The zero-order chi connectivity index (χ0) is 17.4. The third-order valence-corrected chi connectivity index (χ3v) is 5.26. The van der Waals surface area contributed by atoms with E-state index in [1.54, 1.807) is 18.3 Å². The van der Waals surface area contributed by atoms with Crippen molar-refractivity contribution in [3.8, 4) is 0 Å². The van der Waals surface area contributed by atoms with Gasteiger partial charge in [-0.1, -0.05) is 6.92 Å². The first-order valence-electron chi connectivity index (χ1n) is 8.92. The van der Waals surface area contributed by atoms with E-state index in [-0.39, 0.29) is 0 Å². The molecule has 2 aromatic rings. The lowest BCUT2D eigenvalue weighted by Crippen LogP contribution is -2.46. The number of anilines is 1. The van der Waals surface area contributed by atoms with Crippen LogP contribution in [0.5, 0.6) is 0 Å². The minimum Gasteiger partial charge on any atom is -0.464 e. The lowest BCUT2D eigenvalue weighted by atomic mass is 10.2. The number of hydrogen-bond acceptors (Lipinski definition) is 5. The van der Waals surface area contributed by atoms with Gasteiger partial charge in [-0.25, -0.2) is 4.98 Å². The van der Waals surface area contributed by atoms with Gasteiger partial charge < -0.3 is 15.1 Å². The molecule has 0 radical (unpaired) electrons. The van der Waals surface area contributed by atoms with Crippen molar-refractivity contribution in [2.45, 2.75) is 25.8 Å². The predicted molar refractivity (Wildman–Crippen MR) is 95.5 cm³/mol. The van der Waals surface area contributed by atoms with Gasteiger partial charge in [0.05, 0.1) is 12.1 Å². The van der Waals surface area contributed by atoms with E-state index in [0.717, 1.165) is 50.2 Å². The van der Waals surface area contributed by atoms with Crippen LogP contribution in [0.15, 0.2) is 34.9 Å². The van der Waals surface area contributed by atoms with E-state index in [0.29, 0.717) is 17.3 Å². The third-order valence-electron chi connectivity index (χ3n) is 5.26. The van der Waals surface area contributed by atoms with Crippen molar-refractivity contribution in [2.75, 3.05) is 31.1 Å². The van der Waals surface area contributed by atoms with Gasteiger partial charge in [0.15, 0.2) is 0 Å². The second kappa shape index (κ2) is 6.52. The number of nitrogens with two attached hydrogens (primary N) is 1. The summed E-state index contributed by atoms with van der Waals surface area (Å²) in [6.45, 7) is 6.56. The second-order valence-corrected chi connectivity index (χ2v) is 7.13. The Morgan fingerprint density at radius 2 is 2.04 bits per heavy atom. The van der Waals surface area contributed by atoms with Crippen molar-refractivity contribution >= 4 is 11.7 Å². The number of carbonyl (C=O) groups is 1. The minimum absolute atomic E-state index is 0.428. The fourth-order valence-corrected chi connectivity index (χ4v) is 3.58. The van der Waals surface area contributed by atoms with Crippen molar-refractivity contribution in [1.29, 1.82) is 0 Å². The summed E-state index contributed by atoms with van der Waals surface area (Å²) in [5.74, 6) is 3.84. The van der Waals surface area contributed by atoms with Crippen LogP contribution in [0.25, 0.3) is 0 Å². The average Bonchev–Trinajstić information content (AvgIpc) is 3.17. The van der Waals surface area contributed by atoms with Gasteiger partial charge in [-0.2, -0.15) is 0 Å². The summed E-state index contributed by atoms with van der Waals surface area (Å²) in [4.78, 5) is 20.5. The number of aromatic nitrogens is 1. The van der Waals surface area contributed by atoms with Crippen LogP contribution in [-0.4, -0.2) is 42.0 Å². The molecule has 6 nitrogen and oxygen atoms in total. The fraction of sp³-hybridized carbons (Fsp3) is 0.474. The Hall–Kier alpha value is -2.34. The van der Waals surface area contributed by atoms with Gasteiger partial charge in [-0.3, -0.25) is 9.69 Å². The maximum atomic E-state index is 11.6. The minimum atomic E-state index is -0.428. The maximum absolute atomic E-state index is 11.6. The molecule has 6 heteroatoms. The fourth-order valence-electron chi connectivity index (χ4n) is 3.58. The highest BCUT2D eigenvalue weighted by molar-refractivity contribution is 5.97. The van der Waals surface area contributed by atoms with E-state index in [1.807, 2.05) is 0 Å². The first-order chi connectivity index (χ1) is 12.1. The van der Waals surface area contributed by atoms with Gasteiger partial charge >= 0.3 is 0 Å². The van der Waals surface area contributed by atoms with Crippen molar-refractivity contribution in [1.82, 2.24) is 9.88 Å². The van der Waals surface area contributed by atoms with Crippen LogP contribution in [0.1, 0.15) is 41.1 Å². The van der Waals surface area contributed by atoms with Crippen molar-refractivity contribution in [3.63, 3.8) is 0 Å². The van der Waals surface area contributed by atoms with Crippen LogP contribution in [0.3, 0.4) is 0 Å². The predicted octanol–water partition coefficient (Wildman–Crippen LogP) is 2.22. The van der Waals surface area contributed by atoms with Crippen LogP contribution >= 0.6 is 0 Å². The Bertz CT molecular complexity index is 764. The quantitative estimate of drug-likeness (QED) is 0.903. The molecule has 1 amide bonds. The molecule has 3 heterocycles. The van der Waals surface area contributed by atoms with E-state index in [1.165, 1.54) is 6.42 Å². The summed E-state index contributed by atoms with van der Waals surface area (Å²) in [7, 11) is 0. The van der Waals surface area contributed by atoms with Gasteiger partial charge in [0.2, 0.25) is 0 Å². The number of nitrogens with zero attached hydrogens (tertiary/aromatic N) is 3. The van der Waals surface area contributed by atoms with Crippen molar-refractivity contribution in [3.05, 3.63) is 47.5 Å². The summed E-state index contributed by atoms with van der Waals surface area (Å²) in [6, 6.07) is 7.72. The molecule has 25 heavy (non-hydrogen) atoms. The first kappa shape index (κ1) is 16.1. The number of primary amides is 1. The Labute approximate surface area is 147 Å². The molecule has 2 N–H and O–H groups in total. The van der Waals surface area contributed by atoms with Gasteiger partial charge in [0, 0.05) is 38.3 Å². The summed E-state index contributed by atoms with van der Waals surface area (Å²) in [5.41, 5.74) is 5.95. The smallest absolute Gasteiger partial charge is 0.252 e. The van der Waals surface area contributed by atoms with Gasteiger partial charge in [0.1, 0.15) is 17.3 Å². The zero-order valence-electron chi connectivity index (χ0n) is 14.5. The maximum Gasteiger partial charge on any atom is 0.252 e. The molecule has 0 unspecified atom stereocenters. The zero-order valence-corrected chi connectivity index (χ0v) is 14.5. The highest BCUT2D eigenvalue weighted by Crippen LogP contribution is 2.47. The molecule has 1 aliphatic carbocycles. The lowest BCUT2D eigenvalue weighted by molar-refractivity contribution is 0.1000. The topological polar surface area (TPSA) is 75.6 Å². The molecule has 2 aromatic heterocycles. The summed E-state index contributed by atoms with van der Waals surface area (Å²) in [5, 5.41) is 0. The van der Waals surface area contributed by atoms with Gasteiger partial charge in [0.25, 0.3) is 5.91 Å². The molecule has 1 saturated heterocycles. The third kappa shape index (κ3) is 3.39. The number of carbonyl (C=O) groups excluding carboxylic acids is 1. The molecule has 132 valence electrons. The number of rotatable bonds is 5. The van der Waals surface area contributed by atoms with E-state index in [9.17, 15) is 4.79 Å². The van der Waals surface area contributed by atoms with Gasteiger partial charge in [-0.15, -0.1) is 0 Å². The molecule has 2 atom stereocenters. The van der Waals surface area contributed by atoms with Gasteiger partial charge in [-0.05, 0) is 36.6 Å². The molecule has 2 fully saturated rings. The molecular formula is C19H24N4O2. The normalized spacial score (nSPS) is 23.6. The summed E-state index contributed by atoms with van der Waals surface area (Å²) >= 11 is 0. The standard InChI is InChI=1S/C19H24N4O2/c1-13-11-16(13)17-5-4-14(25-17)12-22-7-9-23(10-8-22)19-15(18(20)24)3-2-6-21-19/h2-6,13,16H,7-12H2,1H3,(H2,20,24)/t13-,16-/m0/s1. The molecular weight excluding hydrogens is 316 g/mol. The molecule has 2 aliphatic rings. The second-order valence-electron chi connectivity index (χ2n) is 7.13. The Kier molecular flexibility index (Phi) is 4.21. The first-order valence-corrected chi connectivity index (χ1v) is 8.92. The monoisotopic (exact) mass is 340 g/mol. The number of hydrogen-bond donors (Lipinski definition) is 1. The summed E-state index contributed by atoms with van der Waals surface area (Å²) in [6.07, 6.45) is 2.95. The SMILES string of the molecule is C[C@H]1C[C@@H]1c1ccc(CN2CCN(c3ncccc3C(N)=O)CC2)o1. The molecule has 1 aliphatic heterocycles. The molecule has 1 saturated carbocycles. The van der Waals surface area contributed by atoms with E-state index >= 15 is 0 Å². The highest BCUT2D eigenvalue weighted by Gasteiger charge is 2.36. The summed E-state index contributed by atoms with van der Waals surface area (Å²) < 4.78 is 6.01. The van der Waals surface area contributed by atoms with E-state index in [4.69, 9.17) is 10.2 Å². The lowest BCUT2D eigenvalue weighted by Gasteiger charge is -2.35. The van der Waals surface area contributed by atoms with Crippen LogP contribution in [0.4, 0.5) is 5.82 Å². The number of piperazine rings is 1. The number of pyridine rings is 1. The van der Waals surface area contributed by atoms with Crippen LogP contribution < -0.4 is 10.6 Å². The largest absolute Gasteiger partial charge is 0.464 e. The molecule has 0 bridgehead atoms. The highest BCUT2D eigenvalue weighted by atomic mass is 16.3. The molecule has 4 rings (SSSR count). The number of amides is 1. The van der Waals surface area contributed by atoms with Crippen LogP contribution in [-0.2, 0) is 6.54 Å². The number of furan rings is 1. The average molecular weight is 340 g/mol. The Morgan fingerprint density at radius 1 is 1.28 bits per heavy atom. The van der Waals surface area contributed by atoms with Crippen LogP contribution in [0.2, 0.25) is 0 Å². The Balaban J connectivity index is 1.36. The Morgan fingerprint density at radius 3 is 2.72 bits per heavy atom. The van der Waals surface area contributed by atoms with E-state index < -0.39 is 5.91 Å². The van der Waals surface area contributed by atoms with Crippen LogP contribution in [0, 0.1) is 5.92 Å². The van der Waals surface area contributed by atoms with E-state index in [2.05, 4.69) is 33.8 Å². The molecule has 0 spiro atoms. The van der Waals surface area contributed by atoms with Crippen molar-refractivity contribution in [2.24, 2.45) is 11.7 Å². The molecule has 0 aromatic carbocycles.